The van der Waals surface area contributed by atoms with Crippen molar-refractivity contribution in [2.24, 2.45) is 0 Å². The van der Waals surface area contributed by atoms with E-state index >= 15 is 0 Å². The van der Waals surface area contributed by atoms with E-state index in [1.165, 1.54) is 12.3 Å². The van der Waals surface area contributed by atoms with Crippen molar-refractivity contribution < 1.29 is 9.72 Å². The Labute approximate surface area is 133 Å². The molecule has 1 aromatic heterocycles. The fraction of sp³-hybridized carbons (Fsp3) is 0.0769. The molecule has 1 amide bonds. The Kier molecular flexibility index (Phi) is 4.54. The first-order valence-corrected chi connectivity index (χ1v) is 6.93. The quantitative estimate of drug-likeness (QED) is 0.503. The largest absolute Gasteiger partial charge is 0.321 e. The van der Waals surface area contributed by atoms with Gasteiger partial charge in [0.2, 0.25) is 5.15 Å². The van der Waals surface area contributed by atoms with Crippen molar-refractivity contribution in [3.63, 3.8) is 0 Å². The van der Waals surface area contributed by atoms with Gasteiger partial charge in [-0.2, -0.15) is 0 Å². The molecule has 1 heterocycles. The smallest absolute Gasteiger partial charge is 0.319 e. The summed E-state index contributed by atoms with van der Waals surface area (Å²) in [5.41, 5.74) is 0.731. The number of aryl methyl sites for hydroxylation is 1. The highest BCUT2D eigenvalue weighted by atomic mass is 79.9. The van der Waals surface area contributed by atoms with Gasteiger partial charge in [0, 0.05) is 16.4 Å². The summed E-state index contributed by atoms with van der Waals surface area (Å²) in [6.07, 6.45) is 1.25. The zero-order valence-corrected chi connectivity index (χ0v) is 13.1. The third-order valence-corrected chi connectivity index (χ3v) is 3.52. The number of anilines is 1. The fourth-order valence-electron chi connectivity index (χ4n) is 1.70. The van der Waals surface area contributed by atoms with Gasteiger partial charge >= 0.3 is 5.69 Å². The lowest BCUT2D eigenvalue weighted by Gasteiger charge is -2.09. The van der Waals surface area contributed by atoms with Gasteiger partial charge in [0.15, 0.2) is 0 Å². The number of nitro groups is 1. The van der Waals surface area contributed by atoms with Gasteiger partial charge in [0.25, 0.3) is 5.91 Å². The number of aromatic nitrogens is 1. The molecule has 0 aliphatic carbocycles. The third kappa shape index (κ3) is 3.37. The van der Waals surface area contributed by atoms with Crippen LogP contribution in [0, 0.1) is 17.0 Å². The summed E-state index contributed by atoms with van der Waals surface area (Å²) < 4.78 is 0.783. The van der Waals surface area contributed by atoms with E-state index < -0.39 is 16.5 Å². The van der Waals surface area contributed by atoms with Gasteiger partial charge < -0.3 is 5.32 Å². The Morgan fingerprint density at radius 2 is 2.14 bits per heavy atom. The van der Waals surface area contributed by atoms with Crippen molar-refractivity contribution in [3.05, 3.63) is 61.3 Å². The number of carbonyl (C=O) groups is 1. The second kappa shape index (κ2) is 6.19. The van der Waals surface area contributed by atoms with E-state index in [0.717, 1.165) is 10.0 Å². The van der Waals surface area contributed by atoms with E-state index in [9.17, 15) is 14.9 Å². The van der Waals surface area contributed by atoms with E-state index in [2.05, 4.69) is 26.2 Å². The standard InChI is InChI=1S/C13H9BrClN3O3/c1-7-2-3-8(14)6-10(7)17-13(19)9-4-5-16-12(15)11(9)18(20)21/h2-6H,1H3,(H,17,19). The average Bonchev–Trinajstić information content (AvgIpc) is 2.42. The first-order chi connectivity index (χ1) is 9.90. The van der Waals surface area contributed by atoms with Crippen LogP contribution in [-0.4, -0.2) is 15.8 Å². The number of amides is 1. The van der Waals surface area contributed by atoms with Gasteiger partial charge in [-0.3, -0.25) is 14.9 Å². The molecule has 0 radical (unpaired) electrons. The Balaban J connectivity index is 2.40. The van der Waals surface area contributed by atoms with E-state index in [0.29, 0.717) is 5.69 Å². The Morgan fingerprint density at radius 3 is 2.81 bits per heavy atom. The summed E-state index contributed by atoms with van der Waals surface area (Å²) >= 11 is 8.99. The molecule has 0 aliphatic heterocycles. The summed E-state index contributed by atoms with van der Waals surface area (Å²) in [5, 5.41) is 13.3. The molecule has 8 heteroatoms. The van der Waals surface area contributed by atoms with Crippen LogP contribution in [0.5, 0.6) is 0 Å². The van der Waals surface area contributed by atoms with Crippen LogP contribution in [0.4, 0.5) is 11.4 Å². The third-order valence-electron chi connectivity index (χ3n) is 2.75. The summed E-state index contributed by atoms with van der Waals surface area (Å²) in [7, 11) is 0. The molecule has 0 unspecified atom stereocenters. The van der Waals surface area contributed by atoms with Gasteiger partial charge in [-0.25, -0.2) is 4.98 Å². The van der Waals surface area contributed by atoms with Crippen molar-refractivity contribution in [1.29, 1.82) is 0 Å². The maximum atomic E-state index is 12.2. The summed E-state index contributed by atoms with van der Waals surface area (Å²) in [6, 6.07) is 6.61. The van der Waals surface area contributed by atoms with Gasteiger partial charge in [-0.05, 0) is 30.7 Å². The van der Waals surface area contributed by atoms with Crippen LogP contribution in [0.15, 0.2) is 34.9 Å². The maximum absolute atomic E-state index is 12.2. The first kappa shape index (κ1) is 15.4. The van der Waals surface area contributed by atoms with Crippen LogP contribution in [0.3, 0.4) is 0 Å². The second-order valence-corrected chi connectivity index (χ2v) is 5.44. The number of hydrogen-bond donors (Lipinski definition) is 1. The molecule has 6 nitrogen and oxygen atoms in total. The highest BCUT2D eigenvalue weighted by Crippen LogP contribution is 2.27. The summed E-state index contributed by atoms with van der Waals surface area (Å²) in [4.78, 5) is 26.1. The number of rotatable bonds is 3. The SMILES string of the molecule is Cc1ccc(Br)cc1NC(=O)c1ccnc(Cl)c1[N+](=O)[O-]. The van der Waals surface area contributed by atoms with Gasteiger partial charge in [0.05, 0.1) is 4.92 Å². The van der Waals surface area contributed by atoms with Crippen LogP contribution in [-0.2, 0) is 0 Å². The average molecular weight is 371 g/mol. The number of hydrogen-bond acceptors (Lipinski definition) is 4. The molecule has 2 rings (SSSR count). The van der Waals surface area contributed by atoms with Crippen molar-refractivity contribution in [2.75, 3.05) is 5.32 Å². The Morgan fingerprint density at radius 1 is 1.43 bits per heavy atom. The zero-order valence-electron chi connectivity index (χ0n) is 10.8. The van der Waals surface area contributed by atoms with Crippen LogP contribution >= 0.6 is 27.5 Å². The first-order valence-electron chi connectivity index (χ1n) is 5.76. The Bertz CT molecular complexity index is 737. The van der Waals surface area contributed by atoms with Gasteiger partial charge in [0.1, 0.15) is 5.56 Å². The number of nitrogens with zero attached hydrogens (tertiary/aromatic N) is 2. The molecule has 0 atom stereocenters. The molecular weight excluding hydrogens is 362 g/mol. The van der Waals surface area contributed by atoms with Crippen molar-refractivity contribution in [3.8, 4) is 0 Å². The van der Waals surface area contributed by atoms with Crippen molar-refractivity contribution in [1.82, 2.24) is 4.98 Å². The topological polar surface area (TPSA) is 85.1 Å². The number of carbonyl (C=O) groups excluding carboxylic acids is 1. The molecule has 0 saturated carbocycles. The van der Waals surface area contributed by atoms with Gasteiger partial charge in [-0.15, -0.1) is 0 Å². The predicted octanol–water partition coefficient (Wildman–Crippen LogP) is 3.97. The van der Waals surface area contributed by atoms with Crippen LogP contribution in [0.1, 0.15) is 15.9 Å². The Hall–Kier alpha value is -1.99. The minimum absolute atomic E-state index is 0.139. The molecular formula is C13H9BrClN3O3. The molecule has 0 fully saturated rings. The van der Waals surface area contributed by atoms with Crippen molar-refractivity contribution >= 4 is 44.8 Å². The molecule has 0 saturated heterocycles. The highest BCUT2D eigenvalue weighted by molar-refractivity contribution is 9.10. The van der Waals surface area contributed by atoms with Crippen LogP contribution in [0.25, 0.3) is 0 Å². The van der Waals surface area contributed by atoms with E-state index in [1.54, 1.807) is 6.07 Å². The zero-order chi connectivity index (χ0) is 15.6. The minimum atomic E-state index is -0.724. The lowest BCUT2D eigenvalue weighted by molar-refractivity contribution is -0.385. The number of halogens is 2. The minimum Gasteiger partial charge on any atom is -0.321 e. The number of benzene rings is 1. The molecule has 0 aliphatic rings. The molecule has 0 spiro atoms. The van der Waals surface area contributed by atoms with Gasteiger partial charge in [-0.1, -0.05) is 33.6 Å². The van der Waals surface area contributed by atoms with E-state index in [1.807, 2.05) is 19.1 Å². The van der Waals surface area contributed by atoms with Crippen LogP contribution < -0.4 is 5.32 Å². The molecule has 108 valence electrons. The molecule has 2 aromatic rings. The summed E-state index contributed by atoms with van der Waals surface area (Å²) in [5.74, 6) is -0.618. The lowest BCUT2D eigenvalue weighted by Crippen LogP contribution is -2.15. The lowest BCUT2D eigenvalue weighted by atomic mass is 10.1. The predicted molar refractivity (Wildman–Crippen MR) is 82.7 cm³/mol. The summed E-state index contributed by atoms with van der Waals surface area (Å²) in [6.45, 7) is 1.82. The molecule has 21 heavy (non-hydrogen) atoms. The van der Waals surface area contributed by atoms with E-state index in [-0.39, 0.29) is 10.7 Å². The number of pyridine rings is 1. The second-order valence-electron chi connectivity index (χ2n) is 4.17. The fourth-order valence-corrected chi connectivity index (χ4v) is 2.29. The number of nitrogens with one attached hydrogen (secondary N) is 1. The maximum Gasteiger partial charge on any atom is 0.319 e. The van der Waals surface area contributed by atoms with Crippen LogP contribution in [0.2, 0.25) is 5.15 Å². The van der Waals surface area contributed by atoms with Crippen molar-refractivity contribution in [2.45, 2.75) is 6.92 Å². The molecule has 0 bridgehead atoms. The molecule has 1 N–H and O–H groups in total. The van der Waals surface area contributed by atoms with E-state index in [4.69, 9.17) is 11.6 Å². The molecule has 1 aromatic carbocycles. The highest BCUT2D eigenvalue weighted by Gasteiger charge is 2.25. The normalized spacial score (nSPS) is 10.2. The monoisotopic (exact) mass is 369 g/mol.